The van der Waals surface area contributed by atoms with Crippen LogP contribution in [-0.4, -0.2) is 12.4 Å². The van der Waals surface area contributed by atoms with Crippen molar-refractivity contribution in [2.24, 2.45) is 0 Å². The summed E-state index contributed by atoms with van der Waals surface area (Å²) in [4.78, 5) is 0. The Balaban J connectivity index is 2.46. The molecule has 1 rings (SSSR count). The Kier molecular flexibility index (Phi) is 4.76. The van der Waals surface area contributed by atoms with E-state index in [0.29, 0.717) is 0 Å². The number of hydrogen-bond acceptors (Lipinski definition) is 2. The van der Waals surface area contributed by atoms with Crippen molar-refractivity contribution in [3.8, 4) is 5.75 Å². The molecule has 0 aliphatic carbocycles. The lowest BCUT2D eigenvalue weighted by molar-refractivity contribution is 0.318. The van der Waals surface area contributed by atoms with E-state index in [9.17, 15) is 0 Å². The number of hydrogen-bond donors (Lipinski definition) is 1. The highest BCUT2D eigenvalue weighted by atomic mass is 32.1. The van der Waals surface area contributed by atoms with Crippen LogP contribution in [0.2, 0.25) is 0 Å². The molecule has 0 fully saturated rings. The van der Waals surface area contributed by atoms with Crippen LogP contribution in [0.1, 0.15) is 18.9 Å². The first-order chi connectivity index (χ1) is 6.36. The highest BCUT2D eigenvalue weighted by molar-refractivity contribution is 7.80. The Bertz CT molecular complexity index is 248. The van der Waals surface area contributed by atoms with Gasteiger partial charge in [-0.15, -0.1) is 0 Å². The molecular weight excluding hydrogens is 180 g/mol. The molecule has 0 saturated heterocycles. The van der Waals surface area contributed by atoms with Gasteiger partial charge >= 0.3 is 0 Å². The molecule has 0 heterocycles. The summed E-state index contributed by atoms with van der Waals surface area (Å²) in [7, 11) is 0. The molecule has 0 N–H and O–H groups in total. The Morgan fingerprint density at radius 1 is 1.38 bits per heavy atom. The van der Waals surface area contributed by atoms with Crippen LogP contribution in [0, 0.1) is 0 Å². The molecular formula is C11H16OS. The average Bonchev–Trinajstić information content (AvgIpc) is 2.19. The zero-order valence-corrected chi connectivity index (χ0v) is 8.89. The normalized spacial score (nSPS) is 10.0. The van der Waals surface area contributed by atoms with E-state index in [-0.39, 0.29) is 0 Å². The highest BCUT2D eigenvalue weighted by Crippen LogP contribution is 2.13. The van der Waals surface area contributed by atoms with Crippen LogP contribution in [0.5, 0.6) is 5.75 Å². The average molecular weight is 196 g/mol. The van der Waals surface area contributed by atoms with Gasteiger partial charge in [0.15, 0.2) is 0 Å². The summed E-state index contributed by atoms with van der Waals surface area (Å²) in [6.45, 7) is 2.91. The molecule has 0 aliphatic rings. The van der Waals surface area contributed by atoms with Crippen molar-refractivity contribution in [1.29, 1.82) is 0 Å². The zero-order valence-electron chi connectivity index (χ0n) is 7.99. The minimum atomic E-state index is 0.761. The fraction of sp³-hybridized carbons (Fsp3) is 0.455. The van der Waals surface area contributed by atoms with E-state index in [1.165, 1.54) is 5.56 Å². The van der Waals surface area contributed by atoms with Gasteiger partial charge < -0.3 is 4.74 Å². The number of thiol groups is 1. The van der Waals surface area contributed by atoms with Crippen LogP contribution in [0.15, 0.2) is 24.3 Å². The topological polar surface area (TPSA) is 9.23 Å². The van der Waals surface area contributed by atoms with E-state index in [0.717, 1.165) is 31.0 Å². The van der Waals surface area contributed by atoms with Gasteiger partial charge in [-0.3, -0.25) is 0 Å². The summed E-state index contributed by atoms with van der Waals surface area (Å²) in [5.41, 5.74) is 1.32. The monoisotopic (exact) mass is 196 g/mol. The van der Waals surface area contributed by atoms with Crippen molar-refractivity contribution < 1.29 is 4.74 Å². The Morgan fingerprint density at radius 2 is 2.23 bits per heavy atom. The second kappa shape index (κ2) is 5.92. The molecule has 0 bridgehead atoms. The van der Waals surface area contributed by atoms with E-state index in [1.54, 1.807) is 0 Å². The molecule has 1 nitrogen and oxygen atoms in total. The van der Waals surface area contributed by atoms with Gasteiger partial charge in [0.2, 0.25) is 0 Å². The van der Waals surface area contributed by atoms with E-state index >= 15 is 0 Å². The van der Waals surface area contributed by atoms with Gasteiger partial charge in [-0.05, 0) is 36.3 Å². The molecule has 0 amide bonds. The number of ether oxygens (including phenoxy) is 1. The number of rotatable bonds is 5. The van der Waals surface area contributed by atoms with E-state index < -0.39 is 0 Å². The SMILES string of the molecule is CCc1cccc(OCCCS)c1. The lowest BCUT2D eigenvalue weighted by Gasteiger charge is -2.05. The maximum absolute atomic E-state index is 5.54. The van der Waals surface area contributed by atoms with Crippen molar-refractivity contribution in [3.05, 3.63) is 29.8 Å². The minimum Gasteiger partial charge on any atom is -0.494 e. The summed E-state index contributed by atoms with van der Waals surface area (Å²) in [5.74, 6) is 1.86. The minimum absolute atomic E-state index is 0.761. The molecule has 1 aromatic rings. The molecule has 0 aliphatic heterocycles. The molecule has 0 unspecified atom stereocenters. The summed E-state index contributed by atoms with van der Waals surface area (Å²) in [6.07, 6.45) is 2.06. The summed E-state index contributed by atoms with van der Waals surface area (Å²) in [6, 6.07) is 8.25. The quantitative estimate of drug-likeness (QED) is 0.562. The van der Waals surface area contributed by atoms with Gasteiger partial charge in [0.05, 0.1) is 6.61 Å². The second-order valence-corrected chi connectivity index (χ2v) is 3.37. The molecule has 0 aromatic heterocycles. The number of aryl methyl sites for hydroxylation is 1. The van der Waals surface area contributed by atoms with Crippen molar-refractivity contribution in [2.75, 3.05) is 12.4 Å². The molecule has 1 aromatic carbocycles. The van der Waals surface area contributed by atoms with Crippen LogP contribution in [-0.2, 0) is 6.42 Å². The van der Waals surface area contributed by atoms with Gasteiger partial charge in [0, 0.05) is 0 Å². The van der Waals surface area contributed by atoms with Crippen LogP contribution in [0.4, 0.5) is 0 Å². The van der Waals surface area contributed by atoms with E-state index in [4.69, 9.17) is 4.74 Å². The molecule has 0 atom stereocenters. The van der Waals surface area contributed by atoms with Crippen LogP contribution < -0.4 is 4.74 Å². The first-order valence-corrected chi connectivity index (χ1v) is 5.32. The maximum atomic E-state index is 5.54. The standard InChI is InChI=1S/C11H16OS/c1-2-10-5-3-6-11(9-10)12-7-4-8-13/h3,5-6,9,13H,2,4,7-8H2,1H3. The highest BCUT2D eigenvalue weighted by Gasteiger charge is 1.94. The van der Waals surface area contributed by atoms with Gasteiger partial charge in [-0.1, -0.05) is 19.1 Å². The fourth-order valence-electron chi connectivity index (χ4n) is 1.11. The third kappa shape index (κ3) is 3.73. The van der Waals surface area contributed by atoms with Gasteiger partial charge in [-0.2, -0.15) is 12.6 Å². The first-order valence-electron chi connectivity index (χ1n) is 4.69. The Morgan fingerprint density at radius 3 is 2.92 bits per heavy atom. The molecule has 13 heavy (non-hydrogen) atoms. The molecule has 2 heteroatoms. The van der Waals surface area contributed by atoms with Crippen molar-refractivity contribution in [1.82, 2.24) is 0 Å². The van der Waals surface area contributed by atoms with Crippen molar-refractivity contribution in [3.63, 3.8) is 0 Å². The molecule has 0 saturated carbocycles. The smallest absolute Gasteiger partial charge is 0.119 e. The van der Waals surface area contributed by atoms with E-state index in [2.05, 4.69) is 31.7 Å². The van der Waals surface area contributed by atoms with E-state index in [1.807, 2.05) is 12.1 Å². The maximum Gasteiger partial charge on any atom is 0.119 e. The second-order valence-electron chi connectivity index (χ2n) is 2.93. The van der Waals surface area contributed by atoms with Crippen molar-refractivity contribution >= 4 is 12.6 Å². The van der Waals surface area contributed by atoms with Gasteiger partial charge in [0.1, 0.15) is 5.75 Å². The predicted octanol–water partition coefficient (Wildman–Crippen LogP) is 2.95. The molecule has 0 radical (unpaired) electrons. The van der Waals surface area contributed by atoms with Gasteiger partial charge in [0.25, 0.3) is 0 Å². The summed E-state index contributed by atoms with van der Waals surface area (Å²) >= 11 is 4.13. The van der Waals surface area contributed by atoms with Crippen LogP contribution in [0.25, 0.3) is 0 Å². The van der Waals surface area contributed by atoms with Crippen molar-refractivity contribution in [2.45, 2.75) is 19.8 Å². The largest absolute Gasteiger partial charge is 0.494 e. The van der Waals surface area contributed by atoms with Gasteiger partial charge in [-0.25, -0.2) is 0 Å². The Labute approximate surface area is 85.5 Å². The number of benzene rings is 1. The van der Waals surface area contributed by atoms with Crippen LogP contribution >= 0.6 is 12.6 Å². The van der Waals surface area contributed by atoms with Crippen LogP contribution in [0.3, 0.4) is 0 Å². The third-order valence-electron chi connectivity index (χ3n) is 1.88. The summed E-state index contributed by atoms with van der Waals surface area (Å²) < 4.78 is 5.54. The molecule has 0 spiro atoms. The zero-order chi connectivity index (χ0) is 9.52. The first kappa shape index (κ1) is 10.5. The predicted molar refractivity (Wildman–Crippen MR) is 59.8 cm³/mol. The fourth-order valence-corrected chi connectivity index (χ4v) is 1.24. The lowest BCUT2D eigenvalue weighted by Crippen LogP contribution is -1.97. The Hall–Kier alpha value is -0.630. The lowest BCUT2D eigenvalue weighted by atomic mass is 10.2. The molecule has 72 valence electrons. The third-order valence-corrected chi connectivity index (χ3v) is 2.19. The summed E-state index contributed by atoms with van der Waals surface area (Å²) in [5, 5.41) is 0.